The highest BCUT2D eigenvalue weighted by molar-refractivity contribution is 5.81. The van der Waals surface area contributed by atoms with Crippen LogP contribution in [-0.4, -0.2) is 11.9 Å². The van der Waals surface area contributed by atoms with Crippen molar-refractivity contribution in [2.75, 3.05) is 0 Å². The maximum atomic E-state index is 12.3. The van der Waals surface area contributed by atoms with Gasteiger partial charge in [-0.3, -0.25) is 4.79 Å². The first-order valence-corrected chi connectivity index (χ1v) is 8.24. The predicted molar refractivity (Wildman–Crippen MR) is 88.9 cm³/mol. The topological polar surface area (TPSA) is 55.1 Å². The molecule has 0 radical (unpaired) electrons. The molecule has 3 N–H and O–H groups in total. The molecular weight excluding hydrogens is 260 g/mol. The number of benzene rings is 1. The van der Waals surface area contributed by atoms with Crippen molar-refractivity contribution < 1.29 is 4.79 Å². The molecule has 0 aromatic heterocycles. The van der Waals surface area contributed by atoms with Crippen molar-refractivity contribution in [1.82, 2.24) is 5.32 Å². The van der Waals surface area contributed by atoms with Gasteiger partial charge in [0.05, 0.1) is 12.1 Å². The zero-order valence-corrected chi connectivity index (χ0v) is 13.6. The first-order valence-electron chi connectivity index (χ1n) is 8.24. The Kier molecular flexibility index (Phi) is 8.06. The number of amides is 1. The molecule has 1 rings (SSSR count). The van der Waals surface area contributed by atoms with Crippen LogP contribution in [0.15, 0.2) is 30.3 Å². The molecule has 0 spiro atoms. The lowest BCUT2D eigenvalue weighted by molar-refractivity contribution is -0.123. The minimum absolute atomic E-state index is 0.0239. The molecule has 2 unspecified atom stereocenters. The van der Waals surface area contributed by atoms with Crippen LogP contribution >= 0.6 is 0 Å². The van der Waals surface area contributed by atoms with E-state index in [2.05, 4.69) is 38.2 Å². The fraction of sp³-hybridized carbons (Fsp3) is 0.611. The van der Waals surface area contributed by atoms with E-state index in [1.165, 1.54) is 5.56 Å². The van der Waals surface area contributed by atoms with Gasteiger partial charge < -0.3 is 11.1 Å². The van der Waals surface area contributed by atoms with E-state index in [0.29, 0.717) is 5.92 Å². The molecule has 21 heavy (non-hydrogen) atoms. The Morgan fingerprint density at radius 1 is 1.14 bits per heavy atom. The molecule has 3 nitrogen and oxygen atoms in total. The van der Waals surface area contributed by atoms with E-state index in [1.54, 1.807) is 0 Å². The smallest absolute Gasteiger partial charge is 0.237 e. The lowest BCUT2D eigenvalue weighted by atomic mass is 9.88. The van der Waals surface area contributed by atoms with Gasteiger partial charge in [-0.15, -0.1) is 0 Å². The van der Waals surface area contributed by atoms with E-state index in [1.807, 2.05) is 18.2 Å². The second-order valence-electron chi connectivity index (χ2n) is 5.72. The molecule has 0 bridgehead atoms. The Hall–Kier alpha value is -1.35. The van der Waals surface area contributed by atoms with E-state index >= 15 is 0 Å². The third kappa shape index (κ3) is 5.50. The molecule has 0 saturated carbocycles. The normalized spacial score (nSPS) is 14.0. The second-order valence-corrected chi connectivity index (χ2v) is 5.72. The zero-order chi connectivity index (χ0) is 15.7. The first kappa shape index (κ1) is 17.7. The van der Waals surface area contributed by atoms with Crippen LogP contribution in [0.4, 0.5) is 0 Å². The number of nitrogens with two attached hydrogens (primary N) is 1. The minimum Gasteiger partial charge on any atom is -0.348 e. The van der Waals surface area contributed by atoms with Crippen molar-refractivity contribution in [3.05, 3.63) is 35.9 Å². The predicted octanol–water partition coefficient (Wildman–Crippen LogP) is 3.80. The van der Waals surface area contributed by atoms with Crippen molar-refractivity contribution in [3.8, 4) is 0 Å². The number of hydrogen-bond donors (Lipinski definition) is 2. The van der Waals surface area contributed by atoms with Crippen molar-refractivity contribution in [1.29, 1.82) is 0 Å². The van der Waals surface area contributed by atoms with Crippen LogP contribution in [0.1, 0.15) is 64.5 Å². The van der Waals surface area contributed by atoms with Gasteiger partial charge in [0.2, 0.25) is 5.91 Å². The highest BCUT2D eigenvalue weighted by Crippen LogP contribution is 2.27. The Labute approximate surface area is 129 Å². The van der Waals surface area contributed by atoms with E-state index in [9.17, 15) is 4.79 Å². The average Bonchev–Trinajstić information content (AvgIpc) is 2.53. The molecule has 1 aromatic carbocycles. The van der Waals surface area contributed by atoms with E-state index in [4.69, 9.17) is 5.73 Å². The van der Waals surface area contributed by atoms with Gasteiger partial charge in [0, 0.05) is 0 Å². The van der Waals surface area contributed by atoms with Crippen LogP contribution in [0, 0.1) is 5.92 Å². The molecule has 0 saturated heterocycles. The van der Waals surface area contributed by atoms with Crippen LogP contribution in [0.5, 0.6) is 0 Å². The summed E-state index contributed by atoms with van der Waals surface area (Å²) in [6.45, 7) is 6.46. The van der Waals surface area contributed by atoms with Crippen molar-refractivity contribution in [3.63, 3.8) is 0 Å². The Morgan fingerprint density at radius 3 is 2.29 bits per heavy atom. The molecule has 1 amide bonds. The van der Waals surface area contributed by atoms with Crippen molar-refractivity contribution in [2.45, 2.75) is 65.0 Å². The van der Waals surface area contributed by atoms with E-state index in [-0.39, 0.29) is 11.9 Å². The first-order chi connectivity index (χ1) is 10.1. The van der Waals surface area contributed by atoms with Gasteiger partial charge in [0.15, 0.2) is 0 Å². The quantitative estimate of drug-likeness (QED) is 0.727. The molecule has 0 aliphatic carbocycles. The number of hydrogen-bond acceptors (Lipinski definition) is 2. The maximum absolute atomic E-state index is 12.3. The monoisotopic (exact) mass is 290 g/mol. The van der Waals surface area contributed by atoms with Crippen LogP contribution < -0.4 is 11.1 Å². The third-order valence-electron chi connectivity index (χ3n) is 4.18. The number of carbonyl (C=O) groups is 1. The molecule has 0 aliphatic heterocycles. The van der Waals surface area contributed by atoms with Gasteiger partial charge in [0.25, 0.3) is 0 Å². The lowest BCUT2D eigenvalue weighted by Crippen LogP contribution is -2.44. The second kappa shape index (κ2) is 9.56. The minimum atomic E-state index is -0.398. The summed E-state index contributed by atoms with van der Waals surface area (Å²) in [7, 11) is 0. The number of unbranched alkanes of at least 4 members (excludes halogenated alkanes) is 1. The fourth-order valence-corrected chi connectivity index (χ4v) is 2.71. The maximum Gasteiger partial charge on any atom is 0.237 e. The van der Waals surface area contributed by atoms with Gasteiger partial charge in [-0.25, -0.2) is 0 Å². The third-order valence-corrected chi connectivity index (χ3v) is 4.18. The van der Waals surface area contributed by atoms with Crippen LogP contribution in [-0.2, 0) is 4.79 Å². The van der Waals surface area contributed by atoms with Crippen LogP contribution in [0.2, 0.25) is 0 Å². The molecule has 2 atom stereocenters. The molecule has 0 aliphatic rings. The molecular formula is C18H30N2O. The van der Waals surface area contributed by atoms with Gasteiger partial charge in [-0.05, 0) is 17.9 Å². The summed E-state index contributed by atoms with van der Waals surface area (Å²) in [6.07, 6.45) is 4.90. The molecule has 0 fully saturated rings. The highest BCUT2D eigenvalue weighted by atomic mass is 16.2. The summed E-state index contributed by atoms with van der Waals surface area (Å²) >= 11 is 0. The van der Waals surface area contributed by atoms with Gasteiger partial charge in [-0.2, -0.15) is 0 Å². The summed E-state index contributed by atoms with van der Waals surface area (Å²) in [4.78, 5) is 12.3. The van der Waals surface area contributed by atoms with Gasteiger partial charge in [-0.1, -0.05) is 76.8 Å². The fourth-order valence-electron chi connectivity index (χ4n) is 2.71. The van der Waals surface area contributed by atoms with E-state index < -0.39 is 6.04 Å². The lowest BCUT2D eigenvalue weighted by Gasteiger charge is -2.28. The SMILES string of the molecule is CCCCC(N)C(=O)NC(c1ccccc1)C(CC)CC. The molecule has 1 aromatic rings. The molecule has 3 heteroatoms. The number of carbonyl (C=O) groups excluding carboxylic acids is 1. The Balaban J connectivity index is 2.80. The highest BCUT2D eigenvalue weighted by Gasteiger charge is 2.24. The Morgan fingerprint density at radius 2 is 1.76 bits per heavy atom. The number of nitrogens with one attached hydrogen (secondary N) is 1. The standard InChI is InChI=1S/C18H30N2O/c1-4-7-13-16(19)18(21)20-17(14(5-2)6-3)15-11-9-8-10-12-15/h8-12,14,16-17H,4-7,13,19H2,1-3H3,(H,20,21). The summed E-state index contributed by atoms with van der Waals surface area (Å²) in [5.74, 6) is 0.416. The summed E-state index contributed by atoms with van der Waals surface area (Å²) in [5, 5.41) is 3.18. The van der Waals surface area contributed by atoms with Crippen molar-refractivity contribution in [2.24, 2.45) is 11.7 Å². The summed E-state index contributed by atoms with van der Waals surface area (Å²) in [5.41, 5.74) is 7.17. The van der Waals surface area contributed by atoms with Crippen LogP contribution in [0.25, 0.3) is 0 Å². The number of rotatable bonds is 9. The molecule has 118 valence electrons. The zero-order valence-electron chi connectivity index (χ0n) is 13.6. The van der Waals surface area contributed by atoms with E-state index in [0.717, 1.165) is 32.1 Å². The molecule has 0 heterocycles. The average molecular weight is 290 g/mol. The van der Waals surface area contributed by atoms with Crippen LogP contribution in [0.3, 0.4) is 0 Å². The largest absolute Gasteiger partial charge is 0.348 e. The van der Waals surface area contributed by atoms with Gasteiger partial charge in [0.1, 0.15) is 0 Å². The Bertz CT molecular complexity index is 401. The van der Waals surface area contributed by atoms with Crippen molar-refractivity contribution >= 4 is 5.91 Å². The summed E-state index contributed by atoms with van der Waals surface area (Å²) in [6, 6.07) is 9.87. The summed E-state index contributed by atoms with van der Waals surface area (Å²) < 4.78 is 0. The van der Waals surface area contributed by atoms with Gasteiger partial charge >= 0.3 is 0 Å².